The predicted octanol–water partition coefficient (Wildman–Crippen LogP) is 4.39. The van der Waals surface area contributed by atoms with E-state index in [1.165, 1.54) is 17.5 Å². The zero-order valence-electron chi connectivity index (χ0n) is 12.7. The van der Waals surface area contributed by atoms with Gasteiger partial charge in [0.15, 0.2) is 5.78 Å². The maximum absolute atomic E-state index is 12.6. The third-order valence-corrected chi connectivity index (χ3v) is 4.33. The van der Waals surface area contributed by atoms with Gasteiger partial charge in [-0.25, -0.2) is 0 Å². The molecule has 0 aliphatic heterocycles. The summed E-state index contributed by atoms with van der Waals surface area (Å²) in [6.07, 6.45) is 4.06. The molecule has 3 rings (SSSR count). The van der Waals surface area contributed by atoms with Crippen molar-refractivity contribution in [2.75, 3.05) is 0 Å². The van der Waals surface area contributed by atoms with Crippen LogP contribution in [-0.2, 0) is 6.42 Å². The lowest BCUT2D eigenvalue weighted by atomic mass is 9.79. The van der Waals surface area contributed by atoms with E-state index in [9.17, 15) is 4.79 Å². The van der Waals surface area contributed by atoms with Crippen LogP contribution < -0.4 is 0 Å². The van der Waals surface area contributed by atoms with Crippen molar-refractivity contribution in [2.45, 2.75) is 45.4 Å². The average molecular weight is 279 g/mol. The minimum atomic E-state index is 0.241. The topological polar surface area (TPSA) is 30.0 Å². The highest BCUT2D eigenvalue weighted by Crippen LogP contribution is 2.34. The van der Waals surface area contributed by atoms with E-state index in [4.69, 9.17) is 0 Å². The molecule has 108 valence electrons. The summed E-state index contributed by atoms with van der Waals surface area (Å²) in [7, 11) is 0. The van der Waals surface area contributed by atoms with Gasteiger partial charge in [-0.05, 0) is 62.3 Å². The second-order valence-corrected chi connectivity index (χ2v) is 6.05. The Bertz CT molecular complexity index is 655. The van der Waals surface area contributed by atoms with Crippen LogP contribution in [0.5, 0.6) is 0 Å². The maximum atomic E-state index is 12.6. The van der Waals surface area contributed by atoms with Gasteiger partial charge in [-0.15, -0.1) is 0 Å². The SMILES string of the molecule is Cc1cc(C(=O)CC2CCCc3ccccc32)cc(C)n1. The Morgan fingerprint density at radius 1 is 1.19 bits per heavy atom. The van der Waals surface area contributed by atoms with Crippen molar-refractivity contribution in [3.05, 3.63) is 64.5 Å². The van der Waals surface area contributed by atoms with Gasteiger partial charge in [-0.3, -0.25) is 9.78 Å². The molecule has 2 nitrogen and oxygen atoms in total. The third kappa shape index (κ3) is 3.05. The molecule has 0 N–H and O–H groups in total. The fraction of sp³-hybridized carbons (Fsp3) is 0.368. The quantitative estimate of drug-likeness (QED) is 0.780. The van der Waals surface area contributed by atoms with Crippen LogP contribution in [0.25, 0.3) is 0 Å². The van der Waals surface area contributed by atoms with Crippen molar-refractivity contribution in [3.63, 3.8) is 0 Å². The standard InChI is InChI=1S/C19H21NO/c1-13-10-17(11-14(2)20-13)19(21)12-16-8-5-7-15-6-3-4-9-18(15)16/h3-4,6,9-11,16H,5,7-8,12H2,1-2H3. The van der Waals surface area contributed by atoms with E-state index in [1.54, 1.807) is 0 Å². The zero-order valence-corrected chi connectivity index (χ0v) is 12.7. The number of pyridine rings is 1. The average Bonchev–Trinajstić information content (AvgIpc) is 2.46. The fourth-order valence-electron chi connectivity index (χ4n) is 3.40. The molecule has 1 aliphatic rings. The first-order valence-corrected chi connectivity index (χ1v) is 7.70. The molecule has 1 unspecified atom stereocenters. The highest BCUT2D eigenvalue weighted by Gasteiger charge is 2.23. The summed E-state index contributed by atoms with van der Waals surface area (Å²) in [5.74, 6) is 0.613. The number of fused-ring (bicyclic) bond motifs is 1. The van der Waals surface area contributed by atoms with Crippen LogP contribution in [0.4, 0.5) is 0 Å². The highest BCUT2D eigenvalue weighted by molar-refractivity contribution is 5.96. The first kappa shape index (κ1) is 14.0. The lowest BCUT2D eigenvalue weighted by Crippen LogP contribution is -2.14. The normalized spacial score (nSPS) is 17.3. The Hall–Kier alpha value is -1.96. The van der Waals surface area contributed by atoms with E-state index in [2.05, 4.69) is 29.2 Å². The number of hydrogen-bond acceptors (Lipinski definition) is 2. The molecule has 0 fully saturated rings. The van der Waals surface area contributed by atoms with Crippen LogP contribution >= 0.6 is 0 Å². The predicted molar refractivity (Wildman–Crippen MR) is 84.8 cm³/mol. The molecule has 1 aromatic heterocycles. The van der Waals surface area contributed by atoms with Crippen molar-refractivity contribution in [1.82, 2.24) is 4.98 Å². The Kier molecular flexibility index (Phi) is 3.87. The minimum Gasteiger partial charge on any atom is -0.294 e. The molecule has 0 radical (unpaired) electrons. The lowest BCUT2D eigenvalue weighted by molar-refractivity contribution is 0.0970. The zero-order chi connectivity index (χ0) is 14.8. The highest BCUT2D eigenvalue weighted by atomic mass is 16.1. The molecule has 0 saturated heterocycles. The maximum Gasteiger partial charge on any atom is 0.163 e. The van der Waals surface area contributed by atoms with E-state index >= 15 is 0 Å². The molecule has 1 atom stereocenters. The second kappa shape index (κ2) is 5.80. The number of carbonyl (C=O) groups is 1. The summed E-state index contributed by atoms with van der Waals surface area (Å²) in [5.41, 5.74) is 5.44. The Labute approximate surface area is 126 Å². The number of ketones is 1. The molecule has 2 heteroatoms. The largest absolute Gasteiger partial charge is 0.294 e. The van der Waals surface area contributed by atoms with E-state index in [0.717, 1.165) is 29.8 Å². The Balaban J connectivity index is 1.82. The van der Waals surface area contributed by atoms with Crippen LogP contribution in [0.2, 0.25) is 0 Å². The number of benzene rings is 1. The van der Waals surface area contributed by atoms with Gasteiger partial charge in [0.05, 0.1) is 0 Å². The van der Waals surface area contributed by atoms with E-state index in [1.807, 2.05) is 26.0 Å². The van der Waals surface area contributed by atoms with Crippen molar-refractivity contribution in [1.29, 1.82) is 0 Å². The summed E-state index contributed by atoms with van der Waals surface area (Å²) in [5, 5.41) is 0. The molecule has 2 aromatic rings. The molecular formula is C19H21NO. The summed E-state index contributed by atoms with van der Waals surface area (Å²) in [6, 6.07) is 12.4. The van der Waals surface area contributed by atoms with Crippen LogP contribution in [0.15, 0.2) is 36.4 Å². The van der Waals surface area contributed by atoms with Gasteiger partial charge >= 0.3 is 0 Å². The number of Topliss-reactive ketones (excluding diaryl/α,β-unsaturated/α-hetero) is 1. The van der Waals surface area contributed by atoms with Gasteiger partial charge in [0, 0.05) is 23.4 Å². The summed E-state index contributed by atoms with van der Waals surface area (Å²) >= 11 is 0. The number of aromatic nitrogens is 1. The molecule has 0 saturated carbocycles. The number of hydrogen-bond donors (Lipinski definition) is 0. The molecule has 0 amide bonds. The fourth-order valence-corrected chi connectivity index (χ4v) is 3.40. The first-order chi connectivity index (χ1) is 10.1. The van der Waals surface area contributed by atoms with E-state index in [0.29, 0.717) is 12.3 Å². The van der Waals surface area contributed by atoms with Crippen LogP contribution in [0.3, 0.4) is 0 Å². The van der Waals surface area contributed by atoms with Gasteiger partial charge in [-0.2, -0.15) is 0 Å². The minimum absolute atomic E-state index is 0.241. The van der Waals surface area contributed by atoms with Crippen molar-refractivity contribution in [2.24, 2.45) is 0 Å². The van der Waals surface area contributed by atoms with Gasteiger partial charge in [0.1, 0.15) is 0 Å². The molecule has 1 aromatic carbocycles. The third-order valence-electron chi connectivity index (χ3n) is 4.33. The van der Waals surface area contributed by atoms with Crippen LogP contribution in [0.1, 0.15) is 58.1 Å². The molecule has 1 aliphatic carbocycles. The number of carbonyl (C=O) groups excluding carboxylic acids is 1. The van der Waals surface area contributed by atoms with Crippen LogP contribution in [-0.4, -0.2) is 10.8 Å². The molecule has 0 bridgehead atoms. The van der Waals surface area contributed by atoms with Crippen molar-refractivity contribution < 1.29 is 4.79 Å². The molecular weight excluding hydrogens is 258 g/mol. The van der Waals surface area contributed by atoms with Gasteiger partial charge in [0.2, 0.25) is 0 Å². The Morgan fingerprint density at radius 2 is 1.90 bits per heavy atom. The number of nitrogens with zero attached hydrogens (tertiary/aromatic N) is 1. The van der Waals surface area contributed by atoms with E-state index < -0.39 is 0 Å². The number of aryl methyl sites for hydroxylation is 3. The monoisotopic (exact) mass is 279 g/mol. The van der Waals surface area contributed by atoms with Crippen molar-refractivity contribution >= 4 is 5.78 Å². The second-order valence-electron chi connectivity index (χ2n) is 6.05. The summed E-state index contributed by atoms with van der Waals surface area (Å²) in [6.45, 7) is 3.89. The smallest absolute Gasteiger partial charge is 0.163 e. The van der Waals surface area contributed by atoms with Crippen LogP contribution in [0, 0.1) is 13.8 Å². The van der Waals surface area contributed by atoms with Gasteiger partial charge < -0.3 is 0 Å². The first-order valence-electron chi connectivity index (χ1n) is 7.70. The number of rotatable bonds is 3. The summed E-state index contributed by atoms with van der Waals surface area (Å²) < 4.78 is 0. The van der Waals surface area contributed by atoms with Crippen molar-refractivity contribution in [3.8, 4) is 0 Å². The van der Waals surface area contributed by atoms with Gasteiger partial charge in [-0.1, -0.05) is 24.3 Å². The summed E-state index contributed by atoms with van der Waals surface area (Å²) in [4.78, 5) is 16.9. The Morgan fingerprint density at radius 3 is 2.67 bits per heavy atom. The molecule has 1 heterocycles. The lowest BCUT2D eigenvalue weighted by Gasteiger charge is -2.25. The van der Waals surface area contributed by atoms with Gasteiger partial charge in [0.25, 0.3) is 0 Å². The molecule has 0 spiro atoms. The van der Waals surface area contributed by atoms with E-state index in [-0.39, 0.29) is 5.78 Å². The molecule has 21 heavy (non-hydrogen) atoms.